The fourth-order valence-electron chi connectivity index (χ4n) is 3.46. The van der Waals surface area contributed by atoms with E-state index in [1.807, 2.05) is 20.2 Å². The molecule has 0 aromatic carbocycles. The summed E-state index contributed by atoms with van der Waals surface area (Å²) in [6, 6.07) is -0.411. The lowest BCUT2D eigenvalue weighted by Crippen LogP contribution is -2.53. The molecule has 138 valence electrons. The number of aliphatic imine (C=N–C) groups is 1. The van der Waals surface area contributed by atoms with Crippen molar-refractivity contribution >= 4 is 11.8 Å². The minimum Gasteiger partial charge on any atom is -0.477 e. The van der Waals surface area contributed by atoms with Gasteiger partial charge in [0.05, 0.1) is 13.2 Å². The van der Waals surface area contributed by atoms with Crippen LogP contribution in [-0.2, 0) is 4.79 Å². The number of hydrogen-bond acceptors (Lipinski definition) is 2. The molecule has 1 aliphatic rings. The molecular weight excluding hydrogens is 300 g/mol. The molecule has 0 aromatic rings. The van der Waals surface area contributed by atoms with Crippen molar-refractivity contribution in [3.05, 3.63) is 12.4 Å². The topological polar surface area (TPSA) is 49.7 Å². The largest absolute Gasteiger partial charge is 0.477 e. The molecule has 0 spiro atoms. The summed E-state index contributed by atoms with van der Waals surface area (Å²) >= 11 is 0. The monoisotopic (exact) mass is 337 g/mol. The van der Waals surface area contributed by atoms with Crippen LogP contribution in [0.3, 0.4) is 0 Å². The molecule has 0 radical (unpaired) electrons. The van der Waals surface area contributed by atoms with Crippen LogP contribution < -0.4 is 0 Å². The van der Waals surface area contributed by atoms with Crippen molar-refractivity contribution in [1.82, 2.24) is 0 Å². The summed E-state index contributed by atoms with van der Waals surface area (Å²) in [5.41, 5.74) is 0. The Balaban J connectivity index is 2.12. The first kappa shape index (κ1) is 20.9. The highest BCUT2D eigenvalue weighted by atomic mass is 16.4. The van der Waals surface area contributed by atoms with Gasteiger partial charge >= 0.3 is 5.97 Å². The van der Waals surface area contributed by atoms with Crippen LogP contribution in [0.2, 0.25) is 0 Å². The first-order chi connectivity index (χ1) is 11.5. The molecule has 0 saturated carbocycles. The SMILES string of the molecule is CCCCCCCCCCCCCC(C(=O)O)[N+]1(C)C=CN=C1C. The number of nitrogens with zero attached hydrogens (tertiary/aromatic N) is 2. The van der Waals surface area contributed by atoms with Crippen molar-refractivity contribution in [3.8, 4) is 0 Å². The van der Waals surface area contributed by atoms with Gasteiger partial charge in [-0.05, 0) is 6.42 Å². The zero-order valence-electron chi connectivity index (χ0n) is 16.0. The van der Waals surface area contributed by atoms with Gasteiger partial charge in [0, 0.05) is 13.3 Å². The van der Waals surface area contributed by atoms with Crippen LogP contribution in [0.1, 0.15) is 90.9 Å². The van der Waals surface area contributed by atoms with Crippen LogP contribution in [0.4, 0.5) is 0 Å². The standard InChI is InChI=1S/C20H36N2O2/c1-4-5-6-7-8-9-10-11-12-13-14-15-19(20(23)24)22(3)17-16-21-18(22)2/h16-17,19H,4-15H2,1-3H3/p+1. The third kappa shape index (κ3) is 6.76. The van der Waals surface area contributed by atoms with E-state index in [0.717, 1.165) is 25.1 Å². The van der Waals surface area contributed by atoms with Crippen molar-refractivity contribution in [1.29, 1.82) is 0 Å². The Kier molecular flexibility index (Phi) is 9.92. The lowest BCUT2D eigenvalue weighted by atomic mass is 10.0. The fourth-order valence-corrected chi connectivity index (χ4v) is 3.46. The van der Waals surface area contributed by atoms with Gasteiger partial charge in [0.15, 0.2) is 6.04 Å². The quantitative estimate of drug-likeness (QED) is 0.336. The smallest absolute Gasteiger partial charge is 0.363 e. The van der Waals surface area contributed by atoms with Crippen LogP contribution in [-0.4, -0.2) is 34.5 Å². The van der Waals surface area contributed by atoms with E-state index in [4.69, 9.17) is 0 Å². The number of likely N-dealkylation sites (N-methyl/N-ethyl adjacent to an activating group) is 1. The maximum Gasteiger partial charge on any atom is 0.363 e. The average Bonchev–Trinajstić information content (AvgIpc) is 2.88. The predicted octanol–water partition coefficient (Wildman–Crippen LogP) is 5.49. The van der Waals surface area contributed by atoms with Gasteiger partial charge in [-0.2, -0.15) is 0 Å². The first-order valence-electron chi connectivity index (χ1n) is 9.83. The Morgan fingerprint density at radius 1 is 1.04 bits per heavy atom. The summed E-state index contributed by atoms with van der Waals surface area (Å²) in [7, 11) is 1.94. The molecule has 1 aliphatic heterocycles. The van der Waals surface area contributed by atoms with Crippen LogP contribution in [0, 0.1) is 0 Å². The van der Waals surface area contributed by atoms with Crippen LogP contribution in [0.25, 0.3) is 0 Å². The van der Waals surface area contributed by atoms with E-state index in [1.165, 1.54) is 57.8 Å². The molecule has 0 fully saturated rings. The van der Waals surface area contributed by atoms with Gasteiger partial charge in [-0.1, -0.05) is 71.1 Å². The lowest BCUT2D eigenvalue weighted by Gasteiger charge is -2.32. The summed E-state index contributed by atoms with van der Waals surface area (Å²) in [5.74, 6) is 0.149. The van der Waals surface area contributed by atoms with Gasteiger partial charge in [0.25, 0.3) is 0 Å². The Bertz CT molecular complexity index is 431. The highest BCUT2D eigenvalue weighted by molar-refractivity contribution is 5.80. The molecule has 0 saturated heterocycles. The van der Waals surface area contributed by atoms with E-state index in [2.05, 4.69) is 11.9 Å². The van der Waals surface area contributed by atoms with Gasteiger partial charge in [0.1, 0.15) is 6.20 Å². The number of carbonyl (C=O) groups is 1. The molecule has 24 heavy (non-hydrogen) atoms. The normalized spacial score (nSPS) is 21.0. The van der Waals surface area contributed by atoms with Crippen LogP contribution >= 0.6 is 0 Å². The second-order valence-electron chi connectivity index (χ2n) is 7.30. The van der Waals surface area contributed by atoms with Gasteiger partial charge in [0.2, 0.25) is 5.84 Å². The Labute approximate surface area is 148 Å². The molecule has 4 heteroatoms. The van der Waals surface area contributed by atoms with Crippen molar-refractivity contribution in [2.75, 3.05) is 7.05 Å². The maximum absolute atomic E-state index is 11.6. The Morgan fingerprint density at radius 2 is 1.54 bits per heavy atom. The highest BCUT2D eigenvalue weighted by Gasteiger charge is 2.41. The molecule has 0 bridgehead atoms. The summed E-state index contributed by atoms with van der Waals surface area (Å²) in [6.45, 7) is 4.17. The number of hydrogen-bond donors (Lipinski definition) is 1. The summed E-state index contributed by atoms with van der Waals surface area (Å²) in [5, 5.41) is 9.57. The maximum atomic E-state index is 11.6. The lowest BCUT2D eigenvalue weighted by molar-refractivity contribution is -0.784. The molecular formula is C20H37N2O2+. The third-order valence-electron chi connectivity index (χ3n) is 5.35. The van der Waals surface area contributed by atoms with Crippen molar-refractivity contribution < 1.29 is 14.4 Å². The number of quaternary nitrogens is 1. The van der Waals surface area contributed by atoms with E-state index in [-0.39, 0.29) is 0 Å². The Hall–Kier alpha value is -1.16. The zero-order chi connectivity index (χ0) is 17.8. The van der Waals surface area contributed by atoms with Crippen LogP contribution in [0.5, 0.6) is 0 Å². The third-order valence-corrected chi connectivity index (χ3v) is 5.35. The van der Waals surface area contributed by atoms with Crippen molar-refractivity contribution in [3.63, 3.8) is 0 Å². The van der Waals surface area contributed by atoms with E-state index in [1.54, 1.807) is 6.20 Å². The van der Waals surface area contributed by atoms with Crippen LogP contribution in [0.15, 0.2) is 17.4 Å². The predicted molar refractivity (Wildman–Crippen MR) is 101 cm³/mol. The minimum atomic E-state index is -0.717. The second-order valence-corrected chi connectivity index (χ2v) is 7.30. The molecule has 2 unspecified atom stereocenters. The number of carboxylic acid groups (broad SMARTS) is 1. The van der Waals surface area contributed by atoms with Crippen molar-refractivity contribution in [2.45, 2.75) is 96.9 Å². The number of carboxylic acids is 1. The molecule has 1 N–H and O–H groups in total. The first-order valence-corrected chi connectivity index (χ1v) is 9.83. The number of unbranched alkanes of at least 4 members (excludes halogenated alkanes) is 10. The molecule has 0 amide bonds. The van der Waals surface area contributed by atoms with E-state index < -0.39 is 12.0 Å². The number of aliphatic carboxylic acids is 1. The molecule has 4 nitrogen and oxygen atoms in total. The minimum absolute atomic E-state index is 0.326. The van der Waals surface area contributed by atoms with E-state index >= 15 is 0 Å². The van der Waals surface area contributed by atoms with E-state index in [0.29, 0.717) is 4.48 Å². The molecule has 1 rings (SSSR count). The van der Waals surface area contributed by atoms with Gasteiger partial charge in [-0.3, -0.25) is 0 Å². The number of rotatable bonds is 14. The Morgan fingerprint density at radius 3 is 1.96 bits per heavy atom. The molecule has 0 aromatic heterocycles. The highest BCUT2D eigenvalue weighted by Crippen LogP contribution is 2.23. The summed E-state index contributed by atoms with van der Waals surface area (Å²) in [4.78, 5) is 15.9. The molecule has 0 aliphatic carbocycles. The van der Waals surface area contributed by atoms with Gasteiger partial charge in [-0.25, -0.2) is 14.3 Å². The molecule has 1 heterocycles. The average molecular weight is 338 g/mol. The summed E-state index contributed by atoms with van der Waals surface area (Å²) < 4.78 is 0.326. The number of amidine groups is 1. The fraction of sp³-hybridized carbons (Fsp3) is 0.800. The second kappa shape index (κ2) is 11.4. The van der Waals surface area contributed by atoms with Gasteiger partial charge < -0.3 is 5.11 Å². The summed E-state index contributed by atoms with van der Waals surface area (Å²) in [6.07, 6.45) is 18.5. The van der Waals surface area contributed by atoms with Crippen molar-refractivity contribution in [2.24, 2.45) is 4.99 Å². The van der Waals surface area contributed by atoms with E-state index in [9.17, 15) is 9.90 Å². The zero-order valence-corrected chi connectivity index (χ0v) is 16.0. The van der Waals surface area contributed by atoms with Gasteiger partial charge in [-0.15, -0.1) is 0 Å². The molecule has 2 atom stereocenters.